The molecule has 2 aromatic heterocycles. The summed E-state index contributed by atoms with van der Waals surface area (Å²) in [6.07, 6.45) is -7.73. The number of rotatable bonds is 7. The lowest BCUT2D eigenvalue weighted by Crippen LogP contribution is -2.45. The van der Waals surface area contributed by atoms with Crippen LogP contribution >= 0.6 is 0 Å². The Kier molecular flexibility index (Phi) is 11.2. The molecule has 0 radical (unpaired) electrons. The first-order valence-corrected chi connectivity index (χ1v) is 14.1. The van der Waals surface area contributed by atoms with Crippen molar-refractivity contribution in [3.63, 3.8) is 0 Å². The van der Waals surface area contributed by atoms with Crippen molar-refractivity contribution in [3.05, 3.63) is 60.2 Å². The summed E-state index contributed by atoms with van der Waals surface area (Å²) in [5.74, 6) is -1.68. The molecule has 1 amide bonds. The van der Waals surface area contributed by atoms with E-state index in [1.807, 2.05) is 0 Å². The highest BCUT2D eigenvalue weighted by atomic mass is 19.4. The number of hydrogen-bond acceptors (Lipinski definition) is 8. The largest absolute Gasteiger partial charge is 0.444 e. The van der Waals surface area contributed by atoms with Gasteiger partial charge in [-0.25, -0.2) is 9.78 Å². The van der Waals surface area contributed by atoms with Crippen LogP contribution < -0.4 is 5.32 Å². The van der Waals surface area contributed by atoms with Crippen LogP contribution in [0.25, 0.3) is 11.6 Å². The highest BCUT2D eigenvalue weighted by molar-refractivity contribution is 5.89. The SMILES string of the molecule is C=C/C=C(\C=C)COC1(C(F)(F)F)CCCCCCC(OC)c2nc(c(NC(=O)OC(C)(C)C)cc2C(F)(F)F)-c2nnc1o2. The van der Waals surface area contributed by atoms with Gasteiger partial charge in [0, 0.05) is 7.11 Å². The van der Waals surface area contributed by atoms with Crippen LogP contribution in [-0.4, -0.2) is 46.8 Å². The second-order valence-electron chi connectivity index (χ2n) is 11.3. The molecule has 1 aliphatic heterocycles. The summed E-state index contributed by atoms with van der Waals surface area (Å²) in [6.45, 7) is 11.2. The second-order valence-corrected chi connectivity index (χ2v) is 11.3. The maximum atomic E-state index is 14.9. The van der Waals surface area contributed by atoms with Crippen LogP contribution in [0.4, 0.5) is 36.8 Å². The van der Waals surface area contributed by atoms with Crippen LogP contribution in [0.15, 0.2) is 47.4 Å². The number of carbonyl (C=O) groups is 1. The number of nitrogens with zero attached hydrogens (tertiary/aromatic N) is 3. The second kappa shape index (κ2) is 14.1. The third kappa shape index (κ3) is 8.72. The topological polar surface area (TPSA) is 109 Å². The maximum Gasteiger partial charge on any atom is 0.426 e. The summed E-state index contributed by atoms with van der Waals surface area (Å²) in [5, 5.41) is 9.59. The maximum absolute atomic E-state index is 14.9. The number of amides is 1. The van der Waals surface area contributed by atoms with Gasteiger partial charge in [0.15, 0.2) is 5.69 Å². The fourth-order valence-corrected chi connectivity index (χ4v) is 4.70. The molecule has 0 aliphatic carbocycles. The standard InChI is InChI=1S/C30H36F6N4O5/c1-7-13-18(8-2)17-43-28(30(34,35)36)15-12-10-9-11-14-21(42-6)22-19(29(31,32)33)16-20(37-26(41)45-27(3,4)5)23(38-22)24-39-40-25(28)44-24/h7-8,13,16,21H,1-2,9-12,14-15,17H2,3-6H3,(H,37,41)/b18-13+. The zero-order chi connectivity index (χ0) is 33.6. The van der Waals surface area contributed by atoms with Gasteiger partial charge in [0.1, 0.15) is 5.60 Å². The van der Waals surface area contributed by atoms with E-state index < -0.39 is 83.2 Å². The van der Waals surface area contributed by atoms with Crippen LogP contribution in [0, 0.1) is 0 Å². The Hall–Kier alpha value is -3.72. The lowest BCUT2D eigenvalue weighted by molar-refractivity contribution is -0.293. The average Bonchev–Trinajstić information content (AvgIpc) is 3.41. The number of carbonyl (C=O) groups excluding carboxylic acids is 1. The molecular formula is C30H36F6N4O5. The summed E-state index contributed by atoms with van der Waals surface area (Å²) < 4.78 is 109. The molecule has 0 aromatic carbocycles. The molecule has 3 rings (SSSR count). The minimum absolute atomic E-state index is 0.00621. The van der Waals surface area contributed by atoms with E-state index >= 15 is 0 Å². The number of methoxy groups -OCH3 is 1. The summed E-state index contributed by atoms with van der Waals surface area (Å²) in [5.41, 5.74) is -6.73. The fraction of sp³-hybridized carbons (Fsp3) is 0.533. The van der Waals surface area contributed by atoms with Crippen LogP contribution in [-0.2, 0) is 26.0 Å². The van der Waals surface area contributed by atoms with Gasteiger partial charge in [0.25, 0.3) is 11.8 Å². The normalized spacial score (nSPS) is 20.2. The Morgan fingerprint density at radius 3 is 2.38 bits per heavy atom. The van der Waals surface area contributed by atoms with Gasteiger partial charge in [0.2, 0.25) is 5.60 Å². The number of halogens is 6. The smallest absolute Gasteiger partial charge is 0.426 e. The molecule has 0 spiro atoms. The van der Waals surface area contributed by atoms with Crippen molar-refractivity contribution in [2.75, 3.05) is 19.0 Å². The lowest BCUT2D eigenvalue weighted by atomic mass is 9.93. The molecule has 0 saturated carbocycles. The number of ether oxygens (including phenoxy) is 3. The lowest BCUT2D eigenvalue weighted by Gasteiger charge is -2.33. The predicted octanol–water partition coefficient (Wildman–Crippen LogP) is 8.61. The molecule has 9 nitrogen and oxygen atoms in total. The van der Waals surface area contributed by atoms with Gasteiger partial charge in [0.05, 0.1) is 29.7 Å². The molecule has 2 atom stereocenters. The number of nitrogens with one attached hydrogen (secondary N) is 1. The average molecular weight is 647 g/mol. The highest BCUT2D eigenvalue weighted by Gasteiger charge is 2.61. The highest BCUT2D eigenvalue weighted by Crippen LogP contribution is 2.47. The Morgan fingerprint density at radius 2 is 1.80 bits per heavy atom. The molecule has 248 valence electrons. The zero-order valence-electron chi connectivity index (χ0n) is 25.4. The Labute approximate surface area is 256 Å². The molecule has 45 heavy (non-hydrogen) atoms. The van der Waals surface area contributed by atoms with E-state index in [0.29, 0.717) is 25.3 Å². The van der Waals surface area contributed by atoms with Crippen LogP contribution in [0.3, 0.4) is 0 Å². The molecule has 3 heterocycles. The summed E-state index contributed by atoms with van der Waals surface area (Å²) >= 11 is 0. The molecular weight excluding hydrogens is 610 g/mol. The molecule has 2 aromatic rings. The van der Waals surface area contributed by atoms with E-state index in [1.54, 1.807) is 0 Å². The van der Waals surface area contributed by atoms with Crippen molar-refractivity contribution in [2.45, 2.75) is 89.0 Å². The van der Waals surface area contributed by atoms with E-state index in [2.05, 4.69) is 33.7 Å². The summed E-state index contributed by atoms with van der Waals surface area (Å²) in [6, 6.07) is 0.591. The number of anilines is 1. The van der Waals surface area contributed by atoms with Crippen molar-refractivity contribution < 1.29 is 49.8 Å². The number of pyridine rings is 1. The van der Waals surface area contributed by atoms with Gasteiger partial charge < -0.3 is 18.6 Å². The van der Waals surface area contributed by atoms with E-state index in [4.69, 9.17) is 18.6 Å². The minimum Gasteiger partial charge on any atom is -0.444 e. The zero-order valence-corrected chi connectivity index (χ0v) is 25.4. The van der Waals surface area contributed by atoms with Gasteiger partial charge in [-0.1, -0.05) is 50.6 Å². The first kappa shape index (κ1) is 35.8. The fourth-order valence-electron chi connectivity index (χ4n) is 4.70. The van der Waals surface area contributed by atoms with Crippen LogP contribution in [0.5, 0.6) is 0 Å². The first-order valence-electron chi connectivity index (χ1n) is 14.1. The molecule has 0 fully saturated rings. The number of allylic oxidation sites excluding steroid dienone is 2. The van der Waals surface area contributed by atoms with E-state index in [-0.39, 0.29) is 18.4 Å². The van der Waals surface area contributed by atoms with E-state index in [9.17, 15) is 31.1 Å². The van der Waals surface area contributed by atoms with Crippen LogP contribution in [0.1, 0.15) is 82.5 Å². The minimum atomic E-state index is -5.06. The van der Waals surface area contributed by atoms with Crippen molar-refractivity contribution in [1.82, 2.24) is 15.2 Å². The number of alkyl halides is 6. The predicted molar refractivity (Wildman–Crippen MR) is 152 cm³/mol. The first-order chi connectivity index (χ1) is 21.0. The molecule has 15 heteroatoms. The monoisotopic (exact) mass is 646 g/mol. The van der Waals surface area contributed by atoms with Crippen molar-refractivity contribution in [3.8, 4) is 11.6 Å². The number of aromatic nitrogens is 3. The van der Waals surface area contributed by atoms with E-state index in [0.717, 1.165) is 0 Å². The van der Waals surface area contributed by atoms with E-state index in [1.165, 1.54) is 46.1 Å². The van der Waals surface area contributed by atoms with Crippen molar-refractivity contribution >= 4 is 11.8 Å². The molecule has 2 unspecified atom stereocenters. The third-order valence-electron chi connectivity index (χ3n) is 6.84. The van der Waals surface area contributed by atoms with Crippen LogP contribution in [0.2, 0.25) is 0 Å². The molecule has 1 aliphatic rings. The third-order valence-corrected chi connectivity index (χ3v) is 6.84. The Bertz CT molecular complexity index is 1400. The molecule has 4 bridgehead atoms. The Balaban J connectivity index is 2.30. The van der Waals surface area contributed by atoms with Gasteiger partial charge in [-0.05, 0) is 51.7 Å². The number of fused-ring (bicyclic) bond motifs is 5. The quantitative estimate of drug-likeness (QED) is 0.235. The summed E-state index contributed by atoms with van der Waals surface area (Å²) in [4.78, 5) is 16.8. The van der Waals surface area contributed by atoms with Gasteiger partial charge in [-0.3, -0.25) is 5.32 Å². The Morgan fingerprint density at radius 1 is 1.11 bits per heavy atom. The van der Waals surface area contributed by atoms with Gasteiger partial charge >= 0.3 is 18.4 Å². The van der Waals surface area contributed by atoms with Gasteiger partial charge in [-0.2, -0.15) is 26.3 Å². The van der Waals surface area contributed by atoms with Gasteiger partial charge in [-0.15, -0.1) is 10.2 Å². The number of hydrogen-bond donors (Lipinski definition) is 1. The molecule has 0 saturated heterocycles. The molecule has 1 N–H and O–H groups in total. The van der Waals surface area contributed by atoms with Crippen molar-refractivity contribution in [2.24, 2.45) is 0 Å². The van der Waals surface area contributed by atoms with Crippen molar-refractivity contribution in [1.29, 1.82) is 0 Å². The summed E-state index contributed by atoms with van der Waals surface area (Å²) in [7, 11) is 1.22.